The fraction of sp³-hybridized carbons (Fsp3) is 0.136. The first kappa shape index (κ1) is 20.7. The molecule has 0 saturated heterocycles. The second-order valence-corrected chi connectivity index (χ2v) is 6.02. The van der Waals surface area contributed by atoms with Crippen molar-refractivity contribution in [3.63, 3.8) is 0 Å². The van der Waals surface area contributed by atoms with Crippen LogP contribution >= 0.6 is 0 Å². The number of amides is 1. The van der Waals surface area contributed by atoms with Gasteiger partial charge in [0.15, 0.2) is 11.5 Å². The van der Waals surface area contributed by atoms with Crippen LogP contribution in [-0.2, 0) is 11.3 Å². The molecular formula is C22H20N2O6. The van der Waals surface area contributed by atoms with Gasteiger partial charge < -0.3 is 18.6 Å². The molecule has 0 aliphatic rings. The monoisotopic (exact) mass is 408 g/mol. The molecule has 1 aromatic heterocycles. The lowest BCUT2D eigenvalue weighted by Crippen LogP contribution is -2.17. The number of hydrogen-bond donors (Lipinski definition) is 1. The molecule has 1 amide bonds. The van der Waals surface area contributed by atoms with Crippen molar-refractivity contribution < 1.29 is 28.2 Å². The molecule has 3 rings (SSSR count). The summed E-state index contributed by atoms with van der Waals surface area (Å²) in [6.45, 7) is 0.105. The third-order valence-corrected chi connectivity index (χ3v) is 4.02. The summed E-state index contributed by atoms with van der Waals surface area (Å²) < 4.78 is 21.0. The number of nitrogens with zero attached hydrogens (tertiary/aromatic N) is 1. The highest BCUT2D eigenvalue weighted by Crippen LogP contribution is 2.28. The van der Waals surface area contributed by atoms with Gasteiger partial charge in [-0.3, -0.25) is 4.79 Å². The molecule has 0 aliphatic carbocycles. The molecule has 1 N–H and O–H groups in total. The Hall–Kier alpha value is -4.07. The van der Waals surface area contributed by atoms with Crippen molar-refractivity contribution in [2.45, 2.75) is 6.61 Å². The van der Waals surface area contributed by atoms with Gasteiger partial charge in [0.25, 0.3) is 5.91 Å². The zero-order chi connectivity index (χ0) is 21.3. The molecule has 0 aliphatic heterocycles. The van der Waals surface area contributed by atoms with Crippen LogP contribution in [-0.4, -0.2) is 32.3 Å². The molecule has 2 aromatic carbocycles. The first-order valence-electron chi connectivity index (χ1n) is 8.97. The van der Waals surface area contributed by atoms with Crippen molar-refractivity contribution in [1.29, 1.82) is 0 Å². The number of hydrogen-bond acceptors (Lipinski definition) is 7. The maximum Gasteiger partial charge on any atom is 0.373 e. The summed E-state index contributed by atoms with van der Waals surface area (Å²) >= 11 is 0. The predicted octanol–water partition coefficient (Wildman–Crippen LogP) is 3.42. The molecule has 3 aromatic rings. The highest BCUT2D eigenvalue weighted by atomic mass is 16.5. The number of benzene rings is 2. The number of methoxy groups -OCH3 is 2. The molecule has 0 radical (unpaired) electrons. The Bertz CT molecular complexity index is 1040. The summed E-state index contributed by atoms with van der Waals surface area (Å²) in [6.07, 6.45) is 1.50. The van der Waals surface area contributed by atoms with Crippen LogP contribution < -0.4 is 14.9 Å². The van der Waals surface area contributed by atoms with Gasteiger partial charge in [-0.15, -0.1) is 0 Å². The van der Waals surface area contributed by atoms with E-state index in [1.165, 1.54) is 26.5 Å². The van der Waals surface area contributed by atoms with E-state index in [0.29, 0.717) is 28.4 Å². The molecule has 0 unspecified atom stereocenters. The van der Waals surface area contributed by atoms with E-state index in [0.717, 1.165) is 0 Å². The summed E-state index contributed by atoms with van der Waals surface area (Å²) in [4.78, 5) is 23.4. The standard InChI is InChI=1S/C22H20N2O6/c1-27-20-12-15(13-23-24-21(25)16-6-4-3-5-7-16)8-10-18(20)29-14-17-9-11-19(30-17)22(26)28-2/h3-13H,14H2,1-2H3,(H,24,25)/b23-13+. The second kappa shape index (κ2) is 9.92. The molecule has 0 atom stereocenters. The number of ether oxygens (including phenoxy) is 3. The normalized spacial score (nSPS) is 10.6. The lowest BCUT2D eigenvalue weighted by Gasteiger charge is -2.10. The Morgan fingerprint density at radius 1 is 1.03 bits per heavy atom. The number of esters is 1. The van der Waals surface area contributed by atoms with Gasteiger partial charge in [-0.1, -0.05) is 18.2 Å². The van der Waals surface area contributed by atoms with Gasteiger partial charge in [-0.2, -0.15) is 5.10 Å². The van der Waals surface area contributed by atoms with E-state index in [1.54, 1.807) is 48.5 Å². The molecule has 0 spiro atoms. The molecule has 0 saturated carbocycles. The first-order chi connectivity index (χ1) is 14.6. The minimum atomic E-state index is -0.554. The Morgan fingerprint density at radius 3 is 2.57 bits per heavy atom. The van der Waals surface area contributed by atoms with Crippen LogP contribution in [0.2, 0.25) is 0 Å². The highest BCUT2D eigenvalue weighted by molar-refractivity contribution is 5.94. The predicted molar refractivity (Wildman–Crippen MR) is 109 cm³/mol. The fourth-order valence-electron chi connectivity index (χ4n) is 2.52. The largest absolute Gasteiger partial charge is 0.493 e. The van der Waals surface area contributed by atoms with E-state index in [1.807, 2.05) is 6.07 Å². The SMILES string of the molecule is COC(=O)c1ccc(COc2ccc(/C=N/NC(=O)c3ccccc3)cc2OC)o1. The van der Waals surface area contributed by atoms with E-state index in [4.69, 9.17) is 13.9 Å². The maximum absolute atomic E-state index is 12.0. The Morgan fingerprint density at radius 2 is 1.83 bits per heavy atom. The van der Waals surface area contributed by atoms with E-state index < -0.39 is 5.97 Å². The summed E-state index contributed by atoms with van der Waals surface area (Å²) in [7, 11) is 2.80. The van der Waals surface area contributed by atoms with Crippen molar-refractivity contribution in [2.24, 2.45) is 5.10 Å². The van der Waals surface area contributed by atoms with Crippen molar-refractivity contribution in [1.82, 2.24) is 5.43 Å². The first-order valence-corrected chi connectivity index (χ1v) is 8.97. The van der Waals surface area contributed by atoms with Crippen LogP contribution in [0.5, 0.6) is 11.5 Å². The Balaban J connectivity index is 1.61. The minimum absolute atomic E-state index is 0.104. The molecule has 8 heteroatoms. The maximum atomic E-state index is 12.0. The average Bonchev–Trinajstić information content (AvgIpc) is 3.27. The third-order valence-electron chi connectivity index (χ3n) is 4.02. The number of rotatable bonds is 8. The van der Waals surface area contributed by atoms with Crippen LogP contribution in [0.1, 0.15) is 32.2 Å². The van der Waals surface area contributed by atoms with Gasteiger partial charge in [0, 0.05) is 5.56 Å². The zero-order valence-electron chi connectivity index (χ0n) is 16.5. The van der Waals surface area contributed by atoms with Crippen LogP contribution in [0.25, 0.3) is 0 Å². The number of carbonyl (C=O) groups excluding carboxylic acids is 2. The molecule has 30 heavy (non-hydrogen) atoms. The fourth-order valence-corrected chi connectivity index (χ4v) is 2.52. The summed E-state index contributed by atoms with van der Waals surface area (Å²) in [5.74, 6) is 0.677. The smallest absolute Gasteiger partial charge is 0.373 e. The van der Waals surface area contributed by atoms with E-state index in [2.05, 4.69) is 15.3 Å². The summed E-state index contributed by atoms with van der Waals surface area (Å²) in [6, 6.07) is 17.1. The lowest BCUT2D eigenvalue weighted by atomic mass is 10.2. The number of hydrazone groups is 1. The van der Waals surface area contributed by atoms with Crippen molar-refractivity contribution in [3.8, 4) is 11.5 Å². The van der Waals surface area contributed by atoms with Crippen molar-refractivity contribution >= 4 is 18.1 Å². The summed E-state index contributed by atoms with van der Waals surface area (Å²) in [5, 5.41) is 3.96. The van der Waals surface area contributed by atoms with Crippen molar-refractivity contribution in [2.75, 3.05) is 14.2 Å². The average molecular weight is 408 g/mol. The van der Waals surface area contributed by atoms with E-state index >= 15 is 0 Å². The highest BCUT2D eigenvalue weighted by Gasteiger charge is 2.12. The molecule has 0 bridgehead atoms. The van der Waals surface area contributed by atoms with Gasteiger partial charge in [0.2, 0.25) is 5.76 Å². The molecule has 154 valence electrons. The summed E-state index contributed by atoms with van der Waals surface area (Å²) in [5.41, 5.74) is 3.70. The molecule has 8 nitrogen and oxygen atoms in total. The number of furan rings is 1. The molecular weight excluding hydrogens is 388 g/mol. The van der Waals surface area contributed by atoms with Crippen LogP contribution in [0, 0.1) is 0 Å². The quantitative estimate of drug-likeness (QED) is 0.348. The topological polar surface area (TPSA) is 99.4 Å². The van der Waals surface area contributed by atoms with Crippen LogP contribution in [0.4, 0.5) is 0 Å². The van der Waals surface area contributed by atoms with Gasteiger partial charge in [0.05, 0.1) is 20.4 Å². The molecule has 1 heterocycles. The van der Waals surface area contributed by atoms with Crippen LogP contribution in [0.15, 0.2) is 70.2 Å². The van der Waals surface area contributed by atoms with Crippen molar-refractivity contribution in [3.05, 3.63) is 83.3 Å². The number of nitrogens with one attached hydrogen (secondary N) is 1. The van der Waals surface area contributed by atoms with Crippen LogP contribution in [0.3, 0.4) is 0 Å². The molecule has 0 fully saturated rings. The minimum Gasteiger partial charge on any atom is -0.493 e. The number of carbonyl (C=O) groups is 2. The van der Waals surface area contributed by atoms with Gasteiger partial charge in [0.1, 0.15) is 12.4 Å². The Labute approximate surface area is 173 Å². The third kappa shape index (κ3) is 5.26. The van der Waals surface area contributed by atoms with Gasteiger partial charge in [-0.25, -0.2) is 10.2 Å². The lowest BCUT2D eigenvalue weighted by molar-refractivity contribution is 0.0560. The van der Waals surface area contributed by atoms with E-state index in [-0.39, 0.29) is 18.3 Å². The Kier molecular flexibility index (Phi) is 6.83. The zero-order valence-corrected chi connectivity index (χ0v) is 16.5. The second-order valence-electron chi connectivity index (χ2n) is 6.02. The van der Waals surface area contributed by atoms with Gasteiger partial charge >= 0.3 is 5.97 Å². The van der Waals surface area contributed by atoms with E-state index in [9.17, 15) is 9.59 Å². The van der Waals surface area contributed by atoms with Gasteiger partial charge in [-0.05, 0) is 48.0 Å².